The topological polar surface area (TPSA) is 106 Å². The molecule has 4 N–H and O–H groups in total. The van der Waals surface area contributed by atoms with Crippen LogP contribution in [-0.4, -0.2) is 34.8 Å². The van der Waals surface area contributed by atoms with Crippen LogP contribution in [0.5, 0.6) is 0 Å². The Balaban J connectivity index is 1.97. The standard InChI is InChI=1S/C24H30N4O3/c1-13-18-6-5-9-26-23(31)14(2)27-17-10-15(7-8-16(17)22(25)30)28(18)19-11-24(3,4)12-20(29)21(13)19/h7-8,10,14,27H,5-6,9,11-12H2,1-4H3,(H2,25,30)(H,26,31)/t14-/m0/s1. The molecule has 1 aliphatic carbocycles. The van der Waals surface area contributed by atoms with E-state index in [-0.39, 0.29) is 17.1 Å². The molecule has 2 bridgehead atoms. The first-order valence-corrected chi connectivity index (χ1v) is 10.8. The fourth-order valence-corrected chi connectivity index (χ4v) is 4.92. The fourth-order valence-electron chi connectivity index (χ4n) is 4.92. The molecule has 0 radical (unpaired) electrons. The second-order valence-corrected chi connectivity index (χ2v) is 9.52. The summed E-state index contributed by atoms with van der Waals surface area (Å²) in [5.41, 5.74) is 11.1. The van der Waals surface area contributed by atoms with Gasteiger partial charge in [-0.3, -0.25) is 14.4 Å². The third kappa shape index (κ3) is 3.73. The van der Waals surface area contributed by atoms with E-state index in [9.17, 15) is 14.4 Å². The number of nitrogens with one attached hydrogen (secondary N) is 2. The molecule has 1 atom stereocenters. The number of primary amides is 1. The SMILES string of the molecule is Cc1c2c(n3c1CCCNC(=O)[C@H](C)Nc1cc-3ccc1C(N)=O)CC(C)(C)CC2=O. The fraction of sp³-hybridized carbons (Fsp3) is 0.458. The molecule has 164 valence electrons. The number of aromatic nitrogens is 1. The van der Waals surface area contributed by atoms with Crippen LogP contribution in [0, 0.1) is 12.3 Å². The number of carbonyl (C=O) groups is 3. The second kappa shape index (κ2) is 7.55. The molecule has 0 unspecified atom stereocenters. The Morgan fingerprint density at radius 3 is 2.65 bits per heavy atom. The van der Waals surface area contributed by atoms with Crippen LogP contribution in [0.15, 0.2) is 18.2 Å². The molecule has 1 aliphatic heterocycles. The highest BCUT2D eigenvalue weighted by atomic mass is 16.2. The highest BCUT2D eigenvalue weighted by molar-refractivity contribution is 6.01. The summed E-state index contributed by atoms with van der Waals surface area (Å²) in [6, 6.07) is 4.91. The molecular formula is C24H30N4O3. The Morgan fingerprint density at radius 2 is 1.94 bits per heavy atom. The van der Waals surface area contributed by atoms with E-state index in [0.29, 0.717) is 24.2 Å². The molecule has 7 heteroatoms. The van der Waals surface area contributed by atoms with Crippen LogP contribution in [0.2, 0.25) is 0 Å². The van der Waals surface area contributed by atoms with Crippen molar-refractivity contribution < 1.29 is 14.4 Å². The molecule has 1 aromatic heterocycles. The van der Waals surface area contributed by atoms with Gasteiger partial charge in [-0.25, -0.2) is 0 Å². The van der Waals surface area contributed by atoms with Gasteiger partial charge in [0.2, 0.25) is 5.91 Å². The van der Waals surface area contributed by atoms with Crippen molar-refractivity contribution in [1.29, 1.82) is 0 Å². The minimum Gasteiger partial charge on any atom is -0.373 e. The quantitative estimate of drug-likeness (QED) is 0.657. The van der Waals surface area contributed by atoms with Crippen molar-refractivity contribution in [3.8, 4) is 5.69 Å². The summed E-state index contributed by atoms with van der Waals surface area (Å²) >= 11 is 0. The number of rotatable bonds is 1. The van der Waals surface area contributed by atoms with Gasteiger partial charge in [0.05, 0.1) is 5.56 Å². The van der Waals surface area contributed by atoms with E-state index in [2.05, 4.69) is 29.0 Å². The highest BCUT2D eigenvalue weighted by Gasteiger charge is 2.36. The van der Waals surface area contributed by atoms with E-state index >= 15 is 0 Å². The summed E-state index contributed by atoms with van der Waals surface area (Å²) in [6.07, 6.45) is 2.83. The van der Waals surface area contributed by atoms with Gasteiger partial charge in [0, 0.05) is 41.3 Å². The third-order valence-corrected chi connectivity index (χ3v) is 6.38. The molecule has 31 heavy (non-hydrogen) atoms. The first-order chi connectivity index (χ1) is 14.6. The van der Waals surface area contributed by atoms with Gasteiger partial charge in [-0.15, -0.1) is 0 Å². The predicted octanol–water partition coefficient (Wildman–Crippen LogP) is 2.90. The van der Waals surface area contributed by atoms with Crippen LogP contribution in [-0.2, 0) is 17.6 Å². The van der Waals surface area contributed by atoms with Crippen molar-refractivity contribution in [2.75, 3.05) is 11.9 Å². The van der Waals surface area contributed by atoms with Gasteiger partial charge in [0.25, 0.3) is 5.91 Å². The Morgan fingerprint density at radius 1 is 1.19 bits per heavy atom. The van der Waals surface area contributed by atoms with E-state index in [1.807, 2.05) is 19.1 Å². The van der Waals surface area contributed by atoms with Gasteiger partial charge in [-0.05, 0) is 62.3 Å². The largest absolute Gasteiger partial charge is 0.373 e. The molecule has 2 heterocycles. The molecule has 2 aliphatic rings. The lowest BCUT2D eigenvalue weighted by Crippen LogP contribution is -2.38. The number of fused-ring (bicyclic) bond motifs is 6. The number of carbonyl (C=O) groups excluding carboxylic acids is 3. The van der Waals surface area contributed by atoms with Gasteiger partial charge in [0.1, 0.15) is 6.04 Å². The monoisotopic (exact) mass is 422 g/mol. The predicted molar refractivity (Wildman–Crippen MR) is 120 cm³/mol. The van der Waals surface area contributed by atoms with Gasteiger partial charge >= 0.3 is 0 Å². The van der Waals surface area contributed by atoms with Crippen molar-refractivity contribution in [3.63, 3.8) is 0 Å². The van der Waals surface area contributed by atoms with Crippen molar-refractivity contribution in [1.82, 2.24) is 9.88 Å². The Kier molecular flexibility index (Phi) is 5.15. The molecular weight excluding hydrogens is 392 g/mol. The lowest BCUT2D eigenvalue weighted by atomic mass is 9.75. The van der Waals surface area contributed by atoms with Crippen LogP contribution in [0.1, 0.15) is 71.3 Å². The number of anilines is 1. The number of benzene rings is 1. The zero-order valence-electron chi connectivity index (χ0n) is 18.6. The van der Waals surface area contributed by atoms with Crippen LogP contribution in [0.25, 0.3) is 5.69 Å². The second-order valence-electron chi connectivity index (χ2n) is 9.52. The molecule has 0 spiro atoms. The van der Waals surface area contributed by atoms with Crippen LogP contribution < -0.4 is 16.4 Å². The maximum absolute atomic E-state index is 13.1. The first-order valence-electron chi connectivity index (χ1n) is 10.8. The Bertz CT molecular complexity index is 1100. The Labute approximate surface area is 182 Å². The summed E-state index contributed by atoms with van der Waals surface area (Å²) in [7, 11) is 0. The first kappa shape index (κ1) is 21.2. The lowest BCUT2D eigenvalue weighted by Gasteiger charge is -2.30. The summed E-state index contributed by atoms with van der Waals surface area (Å²) < 4.78 is 2.19. The molecule has 0 saturated heterocycles. The van der Waals surface area contributed by atoms with E-state index in [1.54, 1.807) is 13.0 Å². The molecule has 1 aromatic carbocycles. The Hall–Kier alpha value is -3.09. The smallest absolute Gasteiger partial charge is 0.250 e. The number of nitrogens with two attached hydrogens (primary N) is 1. The normalized spacial score (nSPS) is 20.5. The average molecular weight is 423 g/mol. The van der Waals surface area contributed by atoms with Crippen molar-refractivity contribution >= 4 is 23.3 Å². The van der Waals surface area contributed by atoms with Gasteiger partial charge in [-0.2, -0.15) is 0 Å². The molecule has 0 saturated carbocycles. The van der Waals surface area contributed by atoms with E-state index < -0.39 is 11.9 Å². The molecule has 2 aromatic rings. The molecule has 4 rings (SSSR count). The zero-order chi connectivity index (χ0) is 22.5. The number of amides is 2. The molecule has 0 fully saturated rings. The van der Waals surface area contributed by atoms with Crippen molar-refractivity contribution in [2.24, 2.45) is 11.1 Å². The van der Waals surface area contributed by atoms with Crippen LogP contribution in [0.3, 0.4) is 0 Å². The van der Waals surface area contributed by atoms with E-state index in [1.165, 1.54) is 0 Å². The number of hydrogen-bond donors (Lipinski definition) is 3. The maximum Gasteiger partial charge on any atom is 0.250 e. The van der Waals surface area contributed by atoms with Crippen LogP contribution >= 0.6 is 0 Å². The van der Waals surface area contributed by atoms with E-state index in [4.69, 9.17) is 5.73 Å². The summed E-state index contributed by atoms with van der Waals surface area (Å²) in [4.78, 5) is 37.5. The van der Waals surface area contributed by atoms with Gasteiger partial charge in [0.15, 0.2) is 5.78 Å². The van der Waals surface area contributed by atoms with Crippen molar-refractivity contribution in [3.05, 3.63) is 46.3 Å². The molecule has 2 amide bonds. The van der Waals surface area contributed by atoms with Crippen LogP contribution in [0.4, 0.5) is 5.69 Å². The number of nitrogens with zero attached hydrogens (tertiary/aromatic N) is 1. The summed E-state index contributed by atoms with van der Waals surface area (Å²) in [6.45, 7) is 8.56. The zero-order valence-corrected chi connectivity index (χ0v) is 18.6. The number of ketones is 1. The highest BCUT2D eigenvalue weighted by Crippen LogP contribution is 2.40. The maximum atomic E-state index is 13.1. The third-order valence-electron chi connectivity index (χ3n) is 6.38. The lowest BCUT2D eigenvalue weighted by molar-refractivity contribution is -0.121. The van der Waals surface area contributed by atoms with E-state index in [0.717, 1.165) is 47.5 Å². The minimum atomic E-state index is -0.559. The summed E-state index contributed by atoms with van der Waals surface area (Å²) in [5.74, 6) is -0.511. The van der Waals surface area contributed by atoms with Gasteiger partial charge in [-0.1, -0.05) is 13.8 Å². The number of hydrogen-bond acceptors (Lipinski definition) is 4. The molecule has 7 nitrogen and oxygen atoms in total. The average Bonchev–Trinajstić information content (AvgIpc) is 2.94. The number of Topliss-reactive ketones (excluding diaryl/α,β-unsaturated/α-hetero) is 1. The van der Waals surface area contributed by atoms with Crippen molar-refractivity contribution in [2.45, 2.75) is 59.4 Å². The summed E-state index contributed by atoms with van der Waals surface area (Å²) in [5, 5.41) is 6.10. The minimum absolute atomic E-state index is 0.119. The van der Waals surface area contributed by atoms with Gasteiger partial charge < -0.3 is 20.9 Å².